The van der Waals surface area contributed by atoms with Gasteiger partial charge in [-0.1, -0.05) is 43.3 Å². The topological polar surface area (TPSA) is 55.6 Å². The monoisotopic (exact) mass is 304 g/mol. The molecule has 0 atom stereocenters. The van der Waals surface area contributed by atoms with Crippen molar-refractivity contribution in [1.82, 2.24) is 4.90 Å². The first-order chi connectivity index (χ1) is 10.1. The lowest BCUT2D eigenvalue weighted by molar-refractivity contribution is -0.138. The van der Waals surface area contributed by atoms with Gasteiger partial charge in [0.2, 0.25) is 5.91 Å². The average molecular weight is 304 g/mol. The van der Waals surface area contributed by atoms with Crippen LogP contribution in [-0.2, 0) is 11.3 Å². The van der Waals surface area contributed by atoms with E-state index in [1.165, 1.54) is 0 Å². The zero-order valence-corrected chi connectivity index (χ0v) is 12.8. The number of nitrogens with zero attached hydrogens (tertiary/aromatic N) is 1. The highest BCUT2D eigenvalue weighted by Gasteiger charge is 2.46. The van der Waals surface area contributed by atoms with Gasteiger partial charge in [-0.25, -0.2) is 0 Å². The fourth-order valence-corrected chi connectivity index (χ4v) is 3.64. The maximum atomic E-state index is 13.0. The quantitative estimate of drug-likeness (QED) is 0.852. The van der Waals surface area contributed by atoms with Gasteiger partial charge in [-0.3, -0.25) is 4.79 Å². The summed E-state index contributed by atoms with van der Waals surface area (Å²) < 4.78 is 5.73. The molecular formula is C16H20N2O2S. The van der Waals surface area contributed by atoms with Gasteiger partial charge in [0, 0.05) is 12.1 Å². The summed E-state index contributed by atoms with van der Waals surface area (Å²) in [5.41, 5.74) is 6.34. The number of fused-ring (bicyclic) bond motifs is 1. The van der Waals surface area contributed by atoms with Crippen LogP contribution in [0.5, 0.6) is 5.75 Å². The van der Waals surface area contributed by atoms with Crippen LogP contribution in [0.2, 0.25) is 0 Å². The van der Waals surface area contributed by atoms with E-state index in [0.717, 1.165) is 37.0 Å². The molecule has 0 saturated heterocycles. The van der Waals surface area contributed by atoms with Gasteiger partial charge < -0.3 is 15.4 Å². The molecular weight excluding hydrogens is 284 g/mol. The van der Waals surface area contributed by atoms with Crippen molar-refractivity contribution in [1.29, 1.82) is 0 Å². The highest BCUT2D eigenvalue weighted by atomic mass is 32.1. The third kappa shape index (κ3) is 2.50. The minimum absolute atomic E-state index is 0.0767. The maximum Gasteiger partial charge on any atom is 0.236 e. The lowest BCUT2D eigenvalue weighted by Gasteiger charge is -2.32. The van der Waals surface area contributed by atoms with E-state index in [1.807, 2.05) is 29.2 Å². The second kappa shape index (κ2) is 5.64. The van der Waals surface area contributed by atoms with Gasteiger partial charge in [-0.05, 0) is 18.9 Å². The molecule has 1 aromatic rings. The molecule has 0 aromatic heterocycles. The van der Waals surface area contributed by atoms with Crippen molar-refractivity contribution in [2.24, 2.45) is 11.1 Å². The van der Waals surface area contributed by atoms with Crippen LogP contribution in [0.25, 0.3) is 0 Å². The molecule has 3 rings (SSSR count). The van der Waals surface area contributed by atoms with Gasteiger partial charge in [0.05, 0.1) is 16.9 Å². The Morgan fingerprint density at radius 2 is 2.00 bits per heavy atom. The number of hydrogen-bond donors (Lipinski definition) is 1. The van der Waals surface area contributed by atoms with Crippen LogP contribution in [0.3, 0.4) is 0 Å². The van der Waals surface area contributed by atoms with E-state index in [1.54, 1.807) is 0 Å². The molecule has 1 aliphatic heterocycles. The smallest absolute Gasteiger partial charge is 0.236 e. The van der Waals surface area contributed by atoms with Gasteiger partial charge in [0.15, 0.2) is 0 Å². The van der Waals surface area contributed by atoms with E-state index in [9.17, 15) is 4.79 Å². The number of amides is 1. The zero-order valence-electron chi connectivity index (χ0n) is 12.0. The minimum Gasteiger partial charge on any atom is -0.491 e. The number of carbonyl (C=O) groups is 1. The van der Waals surface area contributed by atoms with Crippen LogP contribution >= 0.6 is 12.2 Å². The summed E-state index contributed by atoms with van der Waals surface area (Å²) >= 11 is 5.22. The summed E-state index contributed by atoms with van der Waals surface area (Å²) in [5.74, 6) is 0.941. The molecule has 0 radical (unpaired) electrons. The first-order valence-electron chi connectivity index (χ1n) is 7.43. The van der Waals surface area contributed by atoms with Gasteiger partial charge in [-0.2, -0.15) is 0 Å². The van der Waals surface area contributed by atoms with Gasteiger partial charge in [0.25, 0.3) is 0 Å². The Bertz CT molecular complexity index is 567. The van der Waals surface area contributed by atoms with Crippen molar-refractivity contribution in [3.63, 3.8) is 0 Å². The van der Waals surface area contributed by atoms with Crippen LogP contribution in [-0.4, -0.2) is 28.9 Å². The first-order valence-corrected chi connectivity index (χ1v) is 7.84. The number of ether oxygens (including phenoxy) is 1. The first kappa shape index (κ1) is 14.3. The second-order valence-corrected chi connectivity index (χ2v) is 6.28. The Kier molecular flexibility index (Phi) is 3.85. The molecule has 2 N–H and O–H groups in total. The van der Waals surface area contributed by atoms with E-state index in [0.29, 0.717) is 24.7 Å². The van der Waals surface area contributed by atoms with E-state index in [-0.39, 0.29) is 5.91 Å². The van der Waals surface area contributed by atoms with Gasteiger partial charge >= 0.3 is 0 Å². The van der Waals surface area contributed by atoms with Crippen molar-refractivity contribution < 1.29 is 9.53 Å². The van der Waals surface area contributed by atoms with Crippen LogP contribution in [0.4, 0.5) is 0 Å². The summed E-state index contributed by atoms with van der Waals surface area (Å²) in [7, 11) is 0. The number of nitrogens with two attached hydrogens (primary N) is 1. The Labute approximate surface area is 130 Å². The third-order valence-electron chi connectivity index (χ3n) is 4.58. The predicted octanol–water partition coefficient (Wildman–Crippen LogP) is 2.25. The van der Waals surface area contributed by atoms with E-state index < -0.39 is 5.41 Å². The van der Waals surface area contributed by atoms with Crippen molar-refractivity contribution in [2.75, 3.05) is 13.2 Å². The molecule has 112 valence electrons. The number of hydrogen-bond acceptors (Lipinski definition) is 3. The van der Waals surface area contributed by atoms with E-state index >= 15 is 0 Å². The van der Waals surface area contributed by atoms with Crippen LogP contribution in [0.1, 0.15) is 31.2 Å². The Balaban J connectivity index is 1.86. The molecule has 1 aliphatic carbocycles. The van der Waals surface area contributed by atoms with E-state index in [4.69, 9.17) is 22.7 Å². The molecule has 1 saturated carbocycles. The minimum atomic E-state index is -0.630. The fourth-order valence-electron chi connectivity index (χ4n) is 3.35. The number of benzene rings is 1. The second-order valence-electron chi connectivity index (χ2n) is 5.84. The van der Waals surface area contributed by atoms with Crippen LogP contribution in [0, 0.1) is 5.41 Å². The Morgan fingerprint density at radius 3 is 2.71 bits per heavy atom. The van der Waals surface area contributed by atoms with Crippen molar-refractivity contribution in [2.45, 2.75) is 32.2 Å². The highest BCUT2D eigenvalue weighted by Crippen LogP contribution is 2.41. The molecule has 0 unspecified atom stereocenters. The molecule has 0 bridgehead atoms. The van der Waals surface area contributed by atoms with Crippen LogP contribution in [0.15, 0.2) is 24.3 Å². The molecule has 1 aromatic carbocycles. The fraction of sp³-hybridized carbons (Fsp3) is 0.500. The molecule has 5 heteroatoms. The number of rotatable bonds is 2. The molecule has 1 fully saturated rings. The summed E-state index contributed by atoms with van der Waals surface area (Å²) in [6, 6.07) is 7.87. The van der Waals surface area contributed by atoms with Crippen molar-refractivity contribution in [3.05, 3.63) is 29.8 Å². The summed E-state index contributed by atoms with van der Waals surface area (Å²) in [4.78, 5) is 15.2. The molecule has 4 nitrogen and oxygen atoms in total. The summed E-state index contributed by atoms with van der Waals surface area (Å²) in [6.07, 6.45) is 3.59. The third-order valence-corrected chi connectivity index (χ3v) is 4.97. The summed E-state index contributed by atoms with van der Waals surface area (Å²) in [5, 5.41) is 0. The standard InChI is InChI=1S/C16H20N2O2S/c17-14(21)16(7-3-4-8-16)15(19)18-9-10-20-13-6-2-1-5-12(13)11-18/h1-2,5-6H,3-4,7-11H2,(H2,17,21). The molecule has 0 spiro atoms. The zero-order chi connectivity index (χ0) is 14.9. The Morgan fingerprint density at radius 1 is 1.29 bits per heavy atom. The highest BCUT2D eigenvalue weighted by molar-refractivity contribution is 7.80. The lowest BCUT2D eigenvalue weighted by Crippen LogP contribution is -2.49. The lowest BCUT2D eigenvalue weighted by atomic mass is 9.84. The number of thiocarbonyl (C=S) groups is 1. The predicted molar refractivity (Wildman–Crippen MR) is 85.0 cm³/mol. The molecule has 1 heterocycles. The normalized spacial score (nSPS) is 20.3. The largest absolute Gasteiger partial charge is 0.491 e. The van der Waals surface area contributed by atoms with Gasteiger partial charge in [-0.15, -0.1) is 0 Å². The molecule has 2 aliphatic rings. The van der Waals surface area contributed by atoms with Crippen molar-refractivity contribution >= 4 is 23.1 Å². The van der Waals surface area contributed by atoms with Crippen molar-refractivity contribution in [3.8, 4) is 5.75 Å². The van der Waals surface area contributed by atoms with Gasteiger partial charge in [0.1, 0.15) is 12.4 Å². The molecule has 1 amide bonds. The maximum absolute atomic E-state index is 13.0. The van der Waals surface area contributed by atoms with Crippen LogP contribution < -0.4 is 10.5 Å². The van der Waals surface area contributed by atoms with E-state index in [2.05, 4.69) is 0 Å². The number of para-hydroxylation sites is 1. The number of carbonyl (C=O) groups excluding carboxylic acids is 1. The Hall–Kier alpha value is -1.62. The average Bonchev–Trinajstić information content (AvgIpc) is 2.88. The molecule has 21 heavy (non-hydrogen) atoms. The summed E-state index contributed by atoms with van der Waals surface area (Å²) in [6.45, 7) is 1.66. The SMILES string of the molecule is NC(=S)C1(C(=O)N2CCOc3ccccc3C2)CCCC1.